The Labute approximate surface area is 173 Å². The number of hydrogen-bond acceptors (Lipinski definition) is 5. The minimum atomic E-state index is -0.295. The Kier molecular flexibility index (Phi) is 4.66. The van der Waals surface area contributed by atoms with Crippen molar-refractivity contribution in [3.63, 3.8) is 0 Å². The number of rotatable bonds is 3. The first-order chi connectivity index (χ1) is 14.7. The maximum atomic E-state index is 13.2. The normalized spacial score (nSPS) is 18.7. The molecule has 0 aliphatic carbocycles. The quantitative estimate of drug-likeness (QED) is 0.672. The molecule has 8 heteroatoms. The fourth-order valence-corrected chi connectivity index (χ4v) is 3.96. The third-order valence-electron chi connectivity index (χ3n) is 5.51. The molecule has 1 aromatic heterocycles. The smallest absolute Gasteiger partial charge is 0.410 e. The average molecular weight is 403 g/mol. The van der Waals surface area contributed by atoms with Gasteiger partial charge in [0.2, 0.25) is 5.82 Å². The van der Waals surface area contributed by atoms with E-state index in [0.717, 1.165) is 17.7 Å². The van der Waals surface area contributed by atoms with Gasteiger partial charge >= 0.3 is 6.09 Å². The molecule has 5 rings (SSSR count). The lowest BCUT2D eigenvalue weighted by atomic mass is 10.1. The second-order valence-corrected chi connectivity index (χ2v) is 7.37. The minimum Gasteiger partial charge on any atom is -0.449 e. The van der Waals surface area contributed by atoms with Gasteiger partial charge in [-0.05, 0) is 12.1 Å². The number of carbonyl (C=O) groups excluding carboxylic acids is 2. The molecule has 0 radical (unpaired) electrons. The fraction of sp³-hybridized carbons (Fsp3) is 0.273. The number of piperazine rings is 1. The second kappa shape index (κ2) is 7.62. The van der Waals surface area contributed by atoms with Crippen LogP contribution in [0.3, 0.4) is 0 Å². The second-order valence-electron chi connectivity index (χ2n) is 7.37. The highest BCUT2D eigenvalue weighted by Crippen LogP contribution is 2.23. The van der Waals surface area contributed by atoms with E-state index < -0.39 is 0 Å². The van der Waals surface area contributed by atoms with Crippen molar-refractivity contribution in [1.29, 1.82) is 0 Å². The first-order valence-corrected chi connectivity index (χ1v) is 10.0. The van der Waals surface area contributed by atoms with Gasteiger partial charge in [-0.2, -0.15) is 0 Å². The van der Waals surface area contributed by atoms with Crippen LogP contribution in [0, 0.1) is 0 Å². The predicted octanol–water partition coefficient (Wildman–Crippen LogP) is 2.60. The van der Waals surface area contributed by atoms with Gasteiger partial charge in [0, 0.05) is 31.6 Å². The van der Waals surface area contributed by atoms with Crippen molar-refractivity contribution in [2.75, 3.05) is 26.2 Å². The number of ether oxygens (including phenoxy) is 1. The summed E-state index contributed by atoms with van der Waals surface area (Å²) in [6.07, 6.45) is 0.424. The minimum absolute atomic E-state index is 0.0197. The molecule has 30 heavy (non-hydrogen) atoms. The van der Waals surface area contributed by atoms with Gasteiger partial charge in [-0.25, -0.2) is 14.5 Å². The van der Waals surface area contributed by atoms with Gasteiger partial charge in [0.25, 0.3) is 5.91 Å². The Hall–Kier alpha value is -3.68. The number of benzene rings is 2. The number of para-hydroxylation sites is 1. The highest BCUT2D eigenvalue weighted by molar-refractivity contribution is 5.91. The van der Waals surface area contributed by atoms with Crippen LogP contribution < -0.4 is 0 Å². The lowest BCUT2D eigenvalue weighted by molar-refractivity contribution is 0.00668. The summed E-state index contributed by atoms with van der Waals surface area (Å²) < 4.78 is 6.81. The van der Waals surface area contributed by atoms with E-state index in [1.807, 2.05) is 60.7 Å². The third-order valence-corrected chi connectivity index (χ3v) is 5.51. The van der Waals surface area contributed by atoms with Crippen molar-refractivity contribution >= 4 is 12.0 Å². The first-order valence-electron chi connectivity index (χ1n) is 10.0. The molecular weight excluding hydrogens is 382 g/mol. The summed E-state index contributed by atoms with van der Waals surface area (Å²) in [6, 6.07) is 19.3. The number of hydrogen-bond donors (Lipinski definition) is 0. The van der Waals surface area contributed by atoms with Gasteiger partial charge in [0.1, 0.15) is 0 Å². The van der Waals surface area contributed by atoms with E-state index in [-0.39, 0.29) is 23.9 Å². The Morgan fingerprint density at radius 2 is 1.73 bits per heavy atom. The largest absolute Gasteiger partial charge is 0.449 e. The van der Waals surface area contributed by atoms with Gasteiger partial charge in [-0.1, -0.05) is 48.5 Å². The maximum absolute atomic E-state index is 13.2. The number of fused-ring (bicyclic) bond motifs is 1. The lowest BCUT2D eigenvalue weighted by Gasteiger charge is -2.42. The van der Waals surface area contributed by atoms with Gasteiger partial charge in [0.05, 0.1) is 18.3 Å². The summed E-state index contributed by atoms with van der Waals surface area (Å²) in [5.74, 6) is 0.551. The van der Waals surface area contributed by atoms with Crippen molar-refractivity contribution in [2.45, 2.75) is 12.5 Å². The Bertz CT molecular complexity index is 1010. The van der Waals surface area contributed by atoms with Crippen molar-refractivity contribution in [3.8, 4) is 17.1 Å². The number of aromatic nitrogens is 3. The fourth-order valence-electron chi connectivity index (χ4n) is 3.96. The Balaban J connectivity index is 1.47. The highest BCUT2D eigenvalue weighted by Gasteiger charge is 2.37. The highest BCUT2D eigenvalue weighted by atomic mass is 16.6. The van der Waals surface area contributed by atoms with Crippen LogP contribution in [0.2, 0.25) is 0 Å². The van der Waals surface area contributed by atoms with Crippen molar-refractivity contribution in [3.05, 3.63) is 66.5 Å². The predicted molar refractivity (Wildman–Crippen MR) is 109 cm³/mol. The molecular formula is C22H21N5O3. The zero-order chi connectivity index (χ0) is 20.5. The molecule has 0 N–H and O–H groups in total. The van der Waals surface area contributed by atoms with Crippen LogP contribution in [0.5, 0.6) is 0 Å². The molecule has 1 atom stereocenters. The molecule has 2 amide bonds. The van der Waals surface area contributed by atoms with E-state index in [4.69, 9.17) is 4.74 Å². The number of carbonyl (C=O) groups is 2. The van der Waals surface area contributed by atoms with Crippen LogP contribution in [0.25, 0.3) is 17.1 Å². The molecule has 0 spiro atoms. The standard InChI is InChI=1S/C22H21N5O3/c28-21(25-12-13-26-18(15-25)11-14-30-22(26)29)19-23-20(16-7-3-1-4-8-16)27(24-19)17-9-5-2-6-10-17/h1-10,18H,11-15H2. The van der Waals surface area contributed by atoms with Crippen LogP contribution in [0.15, 0.2) is 60.7 Å². The Morgan fingerprint density at radius 1 is 1.00 bits per heavy atom. The molecule has 2 aliphatic heterocycles. The molecule has 8 nitrogen and oxygen atoms in total. The lowest BCUT2D eigenvalue weighted by Crippen LogP contribution is -2.59. The number of cyclic esters (lactones) is 1. The average Bonchev–Trinajstić information content (AvgIpc) is 3.25. The molecule has 2 fully saturated rings. The summed E-state index contributed by atoms with van der Waals surface area (Å²) in [7, 11) is 0. The van der Waals surface area contributed by atoms with E-state index in [1.165, 1.54) is 0 Å². The van der Waals surface area contributed by atoms with E-state index in [1.54, 1.807) is 14.5 Å². The molecule has 152 valence electrons. The summed E-state index contributed by atoms with van der Waals surface area (Å²) in [6.45, 7) is 1.75. The molecule has 0 bridgehead atoms. The Morgan fingerprint density at radius 3 is 2.50 bits per heavy atom. The molecule has 2 aromatic carbocycles. The van der Waals surface area contributed by atoms with Gasteiger partial charge in [-0.3, -0.25) is 4.79 Å². The molecule has 2 aliphatic rings. The zero-order valence-electron chi connectivity index (χ0n) is 16.3. The van der Waals surface area contributed by atoms with E-state index in [9.17, 15) is 9.59 Å². The first kappa shape index (κ1) is 18.4. The summed E-state index contributed by atoms with van der Waals surface area (Å²) >= 11 is 0. The zero-order valence-corrected chi connectivity index (χ0v) is 16.3. The van der Waals surface area contributed by atoms with Crippen LogP contribution in [-0.2, 0) is 4.74 Å². The summed E-state index contributed by atoms with van der Waals surface area (Å²) in [5, 5.41) is 4.56. The molecule has 3 aromatic rings. The molecule has 2 saturated heterocycles. The van der Waals surface area contributed by atoms with Crippen LogP contribution in [-0.4, -0.2) is 68.8 Å². The maximum Gasteiger partial charge on any atom is 0.410 e. The van der Waals surface area contributed by atoms with Crippen molar-refractivity contribution < 1.29 is 14.3 Å². The van der Waals surface area contributed by atoms with Crippen molar-refractivity contribution in [1.82, 2.24) is 24.6 Å². The van der Waals surface area contributed by atoms with E-state index in [0.29, 0.717) is 32.1 Å². The van der Waals surface area contributed by atoms with Gasteiger partial charge < -0.3 is 14.5 Å². The van der Waals surface area contributed by atoms with Gasteiger partial charge in [0.15, 0.2) is 5.82 Å². The monoisotopic (exact) mass is 403 g/mol. The number of nitrogens with zero attached hydrogens (tertiary/aromatic N) is 5. The van der Waals surface area contributed by atoms with Crippen LogP contribution in [0.1, 0.15) is 17.0 Å². The van der Waals surface area contributed by atoms with E-state index >= 15 is 0 Å². The van der Waals surface area contributed by atoms with Gasteiger partial charge in [-0.15, -0.1) is 5.10 Å². The van der Waals surface area contributed by atoms with Crippen LogP contribution >= 0.6 is 0 Å². The van der Waals surface area contributed by atoms with Crippen LogP contribution in [0.4, 0.5) is 4.79 Å². The SMILES string of the molecule is O=C(c1nc(-c2ccccc2)n(-c2ccccc2)n1)N1CCN2C(=O)OCCC2C1. The topological polar surface area (TPSA) is 80.6 Å². The molecule has 0 saturated carbocycles. The van der Waals surface area contributed by atoms with E-state index in [2.05, 4.69) is 10.1 Å². The summed E-state index contributed by atoms with van der Waals surface area (Å²) in [5.41, 5.74) is 1.72. The summed E-state index contributed by atoms with van der Waals surface area (Å²) in [4.78, 5) is 33.2. The number of amides is 2. The van der Waals surface area contributed by atoms with Crippen molar-refractivity contribution in [2.24, 2.45) is 0 Å². The molecule has 1 unspecified atom stereocenters. The third kappa shape index (κ3) is 3.30. The molecule has 3 heterocycles.